The molecule has 0 bridgehead atoms. The Morgan fingerprint density at radius 3 is 2.83 bits per heavy atom. The summed E-state index contributed by atoms with van der Waals surface area (Å²) >= 11 is 1.63. The third-order valence-corrected chi connectivity index (χ3v) is 5.47. The molecule has 0 saturated heterocycles. The number of guanidine groups is 1. The second-order valence-electron chi connectivity index (χ2n) is 6.97. The maximum atomic E-state index is 5.88. The van der Waals surface area contributed by atoms with Crippen LogP contribution in [0.5, 0.6) is 11.5 Å². The van der Waals surface area contributed by atoms with Crippen LogP contribution in [0.4, 0.5) is 5.13 Å². The topological polar surface area (TPSA) is 71.0 Å². The molecule has 9 heteroatoms. The normalized spacial score (nSPS) is 15.2. The van der Waals surface area contributed by atoms with Crippen molar-refractivity contribution in [3.63, 3.8) is 0 Å². The highest BCUT2D eigenvalue weighted by Gasteiger charge is 2.21. The maximum absolute atomic E-state index is 5.88. The number of rotatable bonds is 7. The van der Waals surface area contributed by atoms with E-state index in [0.717, 1.165) is 46.8 Å². The number of ether oxygens (including phenoxy) is 2. The number of fused-ring (bicyclic) bond motifs is 1. The molecule has 3 rings (SSSR count). The molecule has 1 aromatic carbocycles. The fraction of sp³-hybridized carbons (Fsp3) is 0.500. The van der Waals surface area contributed by atoms with E-state index in [4.69, 9.17) is 14.5 Å². The monoisotopic (exact) mass is 531 g/mol. The van der Waals surface area contributed by atoms with Crippen molar-refractivity contribution in [2.45, 2.75) is 39.5 Å². The van der Waals surface area contributed by atoms with Gasteiger partial charge in [0.05, 0.1) is 25.9 Å². The van der Waals surface area contributed by atoms with E-state index >= 15 is 0 Å². The van der Waals surface area contributed by atoms with Gasteiger partial charge in [-0.05, 0) is 26.0 Å². The number of hydrogen-bond acceptors (Lipinski definition) is 6. The molecule has 2 heterocycles. The molecule has 1 unspecified atom stereocenters. The number of aliphatic imine (C=N–C) groups is 1. The van der Waals surface area contributed by atoms with Crippen LogP contribution in [0.2, 0.25) is 0 Å². The van der Waals surface area contributed by atoms with Crippen LogP contribution in [-0.2, 0) is 19.5 Å². The van der Waals surface area contributed by atoms with Crippen LogP contribution >= 0.6 is 35.3 Å². The fourth-order valence-corrected chi connectivity index (χ4v) is 3.82. The molecule has 0 radical (unpaired) electrons. The SMILES string of the molecule is CCNC(=NCc1cc2c(cc1OC)CC(C)O2)NCc1csc(N(C)C)n1.I. The van der Waals surface area contributed by atoms with Crippen molar-refractivity contribution in [1.29, 1.82) is 0 Å². The maximum Gasteiger partial charge on any atom is 0.191 e. The van der Waals surface area contributed by atoms with Gasteiger partial charge in [-0.3, -0.25) is 0 Å². The first-order valence-corrected chi connectivity index (χ1v) is 10.4. The lowest BCUT2D eigenvalue weighted by Crippen LogP contribution is -2.36. The lowest BCUT2D eigenvalue weighted by Gasteiger charge is -2.12. The molecule has 160 valence electrons. The van der Waals surface area contributed by atoms with Crippen molar-refractivity contribution in [2.75, 3.05) is 32.6 Å². The molecule has 0 fully saturated rings. The highest BCUT2D eigenvalue weighted by molar-refractivity contribution is 14.0. The number of thiazole rings is 1. The van der Waals surface area contributed by atoms with Crippen LogP contribution in [-0.4, -0.2) is 44.8 Å². The van der Waals surface area contributed by atoms with Crippen LogP contribution in [0, 0.1) is 0 Å². The number of nitrogens with one attached hydrogen (secondary N) is 2. The van der Waals surface area contributed by atoms with Gasteiger partial charge < -0.3 is 25.0 Å². The average Bonchev–Trinajstić information content (AvgIpc) is 3.28. The van der Waals surface area contributed by atoms with E-state index in [9.17, 15) is 0 Å². The zero-order chi connectivity index (χ0) is 20.1. The molecule has 0 saturated carbocycles. The smallest absolute Gasteiger partial charge is 0.191 e. The number of hydrogen-bond donors (Lipinski definition) is 2. The first kappa shape index (κ1) is 23.5. The first-order valence-electron chi connectivity index (χ1n) is 9.50. The predicted octanol–water partition coefficient (Wildman–Crippen LogP) is 3.41. The summed E-state index contributed by atoms with van der Waals surface area (Å²) in [6, 6.07) is 4.12. The van der Waals surface area contributed by atoms with Gasteiger partial charge in [-0.1, -0.05) is 0 Å². The Morgan fingerprint density at radius 2 is 2.17 bits per heavy atom. The van der Waals surface area contributed by atoms with Gasteiger partial charge in [0, 0.05) is 43.6 Å². The van der Waals surface area contributed by atoms with Crippen molar-refractivity contribution in [3.8, 4) is 11.5 Å². The summed E-state index contributed by atoms with van der Waals surface area (Å²) in [5.41, 5.74) is 3.20. The minimum atomic E-state index is 0. The minimum Gasteiger partial charge on any atom is -0.496 e. The molecular weight excluding hydrogens is 501 g/mol. The van der Waals surface area contributed by atoms with Gasteiger partial charge in [-0.2, -0.15) is 0 Å². The summed E-state index contributed by atoms with van der Waals surface area (Å²) in [7, 11) is 5.69. The number of methoxy groups -OCH3 is 1. The van der Waals surface area contributed by atoms with Gasteiger partial charge in [0.1, 0.15) is 17.6 Å². The third-order valence-electron chi connectivity index (χ3n) is 4.41. The largest absolute Gasteiger partial charge is 0.496 e. The summed E-state index contributed by atoms with van der Waals surface area (Å²) in [5, 5.41) is 9.69. The zero-order valence-electron chi connectivity index (χ0n) is 17.6. The van der Waals surface area contributed by atoms with E-state index in [2.05, 4.69) is 47.0 Å². The summed E-state index contributed by atoms with van der Waals surface area (Å²) in [5.74, 6) is 2.54. The van der Waals surface area contributed by atoms with E-state index in [1.165, 1.54) is 5.56 Å². The van der Waals surface area contributed by atoms with Gasteiger partial charge in [-0.25, -0.2) is 9.98 Å². The van der Waals surface area contributed by atoms with Crippen LogP contribution in [0.15, 0.2) is 22.5 Å². The number of anilines is 1. The van der Waals surface area contributed by atoms with Crippen LogP contribution in [0.3, 0.4) is 0 Å². The Hall–Kier alpha value is -1.75. The highest BCUT2D eigenvalue weighted by Crippen LogP contribution is 2.35. The lowest BCUT2D eigenvalue weighted by atomic mass is 10.1. The molecule has 1 aliphatic rings. The number of nitrogens with zero attached hydrogens (tertiary/aromatic N) is 3. The summed E-state index contributed by atoms with van der Waals surface area (Å²) in [4.78, 5) is 11.3. The highest BCUT2D eigenvalue weighted by atomic mass is 127. The molecule has 2 N–H and O–H groups in total. The second-order valence-corrected chi connectivity index (χ2v) is 7.81. The Kier molecular flexibility index (Phi) is 8.81. The molecular formula is C20H30IN5O2S. The van der Waals surface area contributed by atoms with Crippen molar-refractivity contribution in [2.24, 2.45) is 4.99 Å². The van der Waals surface area contributed by atoms with Gasteiger partial charge in [0.2, 0.25) is 0 Å². The average molecular weight is 531 g/mol. The van der Waals surface area contributed by atoms with Gasteiger partial charge in [0.25, 0.3) is 0 Å². The number of aromatic nitrogens is 1. The summed E-state index contributed by atoms with van der Waals surface area (Å²) in [6.07, 6.45) is 1.13. The van der Waals surface area contributed by atoms with Crippen molar-refractivity contribution >= 4 is 46.4 Å². The number of halogens is 1. The van der Waals surface area contributed by atoms with Crippen molar-refractivity contribution < 1.29 is 9.47 Å². The molecule has 1 aliphatic heterocycles. The van der Waals surface area contributed by atoms with Gasteiger partial charge in [0.15, 0.2) is 11.1 Å². The fourth-order valence-electron chi connectivity index (χ4n) is 3.06. The summed E-state index contributed by atoms with van der Waals surface area (Å²) in [6.45, 7) is 6.04. The Bertz CT molecular complexity index is 840. The third kappa shape index (κ3) is 6.11. The quantitative estimate of drug-likeness (QED) is 0.324. The molecule has 29 heavy (non-hydrogen) atoms. The standard InChI is InChI=1S/C20H29N5O2S.HI/c1-6-21-19(23-11-16-12-28-20(24-16)25(3)4)22-10-15-9-18-14(7-13(2)27-18)8-17(15)26-5;/h8-9,12-13H,6-7,10-11H2,1-5H3,(H2,21,22,23);1H. The van der Waals surface area contributed by atoms with Crippen LogP contribution < -0.4 is 25.0 Å². The van der Waals surface area contributed by atoms with Gasteiger partial charge >= 0.3 is 0 Å². The van der Waals surface area contributed by atoms with Crippen LogP contribution in [0.1, 0.15) is 30.7 Å². The number of benzene rings is 1. The molecule has 1 atom stereocenters. The molecule has 0 aliphatic carbocycles. The minimum absolute atomic E-state index is 0. The van der Waals surface area contributed by atoms with Crippen molar-refractivity contribution in [3.05, 3.63) is 34.3 Å². The molecule has 0 amide bonds. The molecule has 0 spiro atoms. The van der Waals surface area contributed by atoms with Crippen LogP contribution in [0.25, 0.3) is 0 Å². The zero-order valence-corrected chi connectivity index (χ0v) is 20.8. The Labute approximate surface area is 193 Å². The molecule has 1 aromatic heterocycles. The lowest BCUT2D eigenvalue weighted by molar-refractivity contribution is 0.254. The Morgan fingerprint density at radius 1 is 1.38 bits per heavy atom. The van der Waals surface area contributed by atoms with E-state index in [1.54, 1.807) is 18.4 Å². The van der Waals surface area contributed by atoms with E-state index < -0.39 is 0 Å². The van der Waals surface area contributed by atoms with Crippen molar-refractivity contribution in [1.82, 2.24) is 15.6 Å². The summed E-state index contributed by atoms with van der Waals surface area (Å²) < 4.78 is 11.5. The Balaban J connectivity index is 0.00000300. The van der Waals surface area contributed by atoms with E-state index in [0.29, 0.717) is 13.1 Å². The molecule has 2 aromatic rings. The second kappa shape index (κ2) is 10.9. The molecule has 7 nitrogen and oxygen atoms in total. The predicted molar refractivity (Wildman–Crippen MR) is 130 cm³/mol. The van der Waals surface area contributed by atoms with Gasteiger partial charge in [-0.15, -0.1) is 35.3 Å². The first-order chi connectivity index (χ1) is 13.5. The van der Waals surface area contributed by atoms with E-state index in [-0.39, 0.29) is 30.1 Å². The van der Waals surface area contributed by atoms with E-state index in [1.807, 2.05) is 19.0 Å².